The summed E-state index contributed by atoms with van der Waals surface area (Å²) in [4.78, 5) is 11.0. The molecule has 3 nitrogen and oxygen atoms in total. The molecular weight excluding hydrogens is 200 g/mol. The molecule has 0 aromatic rings. The predicted molar refractivity (Wildman–Crippen MR) is 55.1 cm³/mol. The molecule has 0 radical (unpaired) electrons. The van der Waals surface area contributed by atoms with Gasteiger partial charge in [0.25, 0.3) is 0 Å². The van der Waals surface area contributed by atoms with Gasteiger partial charge in [-0.05, 0) is 26.8 Å². The Balaban J connectivity index is 0. The van der Waals surface area contributed by atoms with Crippen molar-refractivity contribution in [3.8, 4) is 0 Å². The van der Waals surface area contributed by atoms with Crippen molar-refractivity contribution >= 4 is 5.91 Å². The van der Waals surface area contributed by atoms with Gasteiger partial charge in [0, 0.05) is 0 Å². The van der Waals surface area contributed by atoms with Crippen LogP contribution in [-0.4, -0.2) is 36.7 Å². The van der Waals surface area contributed by atoms with Gasteiger partial charge in [0.1, 0.15) is 0 Å². The van der Waals surface area contributed by atoms with Gasteiger partial charge in [-0.1, -0.05) is 6.58 Å². The molecule has 0 spiro atoms. The van der Waals surface area contributed by atoms with Gasteiger partial charge in [0.2, 0.25) is 5.91 Å². The van der Waals surface area contributed by atoms with E-state index in [1.54, 1.807) is 0 Å². The van der Waals surface area contributed by atoms with E-state index >= 15 is 0 Å². The molecule has 0 heterocycles. The van der Waals surface area contributed by atoms with E-state index in [2.05, 4.69) is 32.7 Å². The third-order valence-corrected chi connectivity index (χ3v) is 2.79. The highest BCUT2D eigenvalue weighted by Gasteiger charge is 2.20. The topological polar surface area (TPSA) is 29.1 Å². The minimum atomic E-state index is -0.0853. The Kier molecular flexibility index (Phi) is 8.89. The van der Waals surface area contributed by atoms with Crippen LogP contribution in [0.4, 0.5) is 0 Å². The SMILES string of the molecule is C=CC(=O)NC[N+](CC)(CC)CC.[Cl-]. The summed E-state index contributed by atoms with van der Waals surface area (Å²) in [6.45, 7) is 13.7. The molecule has 0 aliphatic rings. The first-order valence-corrected chi connectivity index (χ1v) is 4.89. The van der Waals surface area contributed by atoms with Gasteiger partial charge >= 0.3 is 0 Å². The number of rotatable bonds is 6. The number of amides is 1. The van der Waals surface area contributed by atoms with E-state index in [0.717, 1.165) is 24.1 Å². The Morgan fingerprint density at radius 1 is 1.29 bits per heavy atom. The van der Waals surface area contributed by atoms with Crippen molar-refractivity contribution in [1.82, 2.24) is 5.32 Å². The summed E-state index contributed by atoms with van der Waals surface area (Å²) in [6.07, 6.45) is 1.32. The van der Waals surface area contributed by atoms with Gasteiger partial charge in [0.05, 0.1) is 19.6 Å². The van der Waals surface area contributed by atoms with Crippen molar-refractivity contribution in [2.24, 2.45) is 0 Å². The van der Waals surface area contributed by atoms with Crippen molar-refractivity contribution < 1.29 is 21.7 Å². The third kappa shape index (κ3) is 4.63. The number of hydrogen-bond acceptors (Lipinski definition) is 1. The maximum absolute atomic E-state index is 11.0. The van der Waals surface area contributed by atoms with Crippen LogP contribution >= 0.6 is 0 Å². The molecule has 0 rings (SSSR count). The molecule has 0 saturated carbocycles. The molecule has 1 N–H and O–H groups in total. The number of nitrogens with zero attached hydrogens (tertiary/aromatic N) is 1. The highest BCUT2D eigenvalue weighted by Crippen LogP contribution is 2.02. The summed E-state index contributed by atoms with van der Waals surface area (Å²) in [5.74, 6) is -0.0853. The fourth-order valence-electron chi connectivity index (χ4n) is 1.32. The van der Waals surface area contributed by atoms with Crippen LogP contribution in [0.1, 0.15) is 20.8 Å². The van der Waals surface area contributed by atoms with Gasteiger partial charge in [-0.25, -0.2) is 0 Å². The average molecular weight is 221 g/mol. The Hall–Kier alpha value is -0.540. The molecule has 14 heavy (non-hydrogen) atoms. The quantitative estimate of drug-likeness (QED) is 0.317. The molecule has 0 bridgehead atoms. The fourth-order valence-corrected chi connectivity index (χ4v) is 1.32. The van der Waals surface area contributed by atoms with E-state index in [1.165, 1.54) is 6.08 Å². The lowest BCUT2D eigenvalue weighted by Crippen LogP contribution is -3.00. The standard InChI is InChI=1S/C10H20N2O.ClH/c1-5-10(13)11-9-12(6-2,7-3)8-4;/h5H,1,6-9H2,2-4H3;1H. The normalized spacial score (nSPS) is 10.2. The summed E-state index contributed by atoms with van der Waals surface area (Å²) in [5, 5.41) is 2.84. The van der Waals surface area contributed by atoms with Crippen molar-refractivity contribution in [3.63, 3.8) is 0 Å². The number of carbonyl (C=O) groups is 1. The number of carbonyl (C=O) groups excluding carboxylic acids is 1. The van der Waals surface area contributed by atoms with Crippen LogP contribution in [0.15, 0.2) is 12.7 Å². The Labute approximate surface area is 93.2 Å². The second-order valence-electron chi connectivity index (χ2n) is 3.19. The first-order chi connectivity index (χ1) is 6.14. The van der Waals surface area contributed by atoms with Gasteiger partial charge in [-0.2, -0.15) is 0 Å². The lowest BCUT2D eigenvalue weighted by atomic mass is 10.4. The van der Waals surface area contributed by atoms with Crippen molar-refractivity contribution in [3.05, 3.63) is 12.7 Å². The second-order valence-corrected chi connectivity index (χ2v) is 3.19. The molecule has 1 amide bonds. The second kappa shape index (κ2) is 7.83. The Morgan fingerprint density at radius 3 is 2.00 bits per heavy atom. The first kappa shape index (κ1) is 15.9. The average Bonchev–Trinajstić information content (AvgIpc) is 2.20. The summed E-state index contributed by atoms with van der Waals surface area (Å²) >= 11 is 0. The van der Waals surface area contributed by atoms with Gasteiger partial charge < -0.3 is 22.2 Å². The molecule has 0 atom stereocenters. The van der Waals surface area contributed by atoms with Gasteiger partial charge in [-0.3, -0.25) is 4.79 Å². The third-order valence-electron chi connectivity index (χ3n) is 2.79. The summed E-state index contributed by atoms with van der Waals surface area (Å²) < 4.78 is 0.930. The Bertz CT molecular complexity index is 171. The van der Waals surface area contributed by atoms with Crippen LogP contribution in [0.2, 0.25) is 0 Å². The highest BCUT2D eigenvalue weighted by atomic mass is 35.5. The summed E-state index contributed by atoms with van der Waals surface area (Å²) in [6, 6.07) is 0. The van der Waals surface area contributed by atoms with E-state index in [0.29, 0.717) is 6.67 Å². The highest BCUT2D eigenvalue weighted by molar-refractivity contribution is 5.86. The molecular formula is C10H21ClN2O. The van der Waals surface area contributed by atoms with E-state index < -0.39 is 0 Å². The Morgan fingerprint density at radius 2 is 1.71 bits per heavy atom. The number of halogens is 1. The minimum absolute atomic E-state index is 0. The molecule has 0 aromatic heterocycles. The molecule has 4 heteroatoms. The monoisotopic (exact) mass is 220 g/mol. The van der Waals surface area contributed by atoms with Crippen LogP contribution in [-0.2, 0) is 4.79 Å². The van der Waals surface area contributed by atoms with E-state index in [1.807, 2.05) is 0 Å². The first-order valence-electron chi connectivity index (χ1n) is 4.89. The lowest BCUT2D eigenvalue weighted by molar-refractivity contribution is -0.924. The molecule has 0 aliphatic carbocycles. The zero-order chi connectivity index (χ0) is 10.3. The van der Waals surface area contributed by atoms with Crippen LogP contribution in [0.3, 0.4) is 0 Å². The van der Waals surface area contributed by atoms with Crippen molar-refractivity contribution in [2.45, 2.75) is 20.8 Å². The van der Waals surface area contributed by atoms with Crippen LogP contribution in [0.25, 0.3) is 0 Å². The largest absolute Gasteiger partial charge is 1.00 e. The van der Waals surface area contributed by atoms with Crippen molar-refractivity contribution in [2.75, 3.05) is 26.3 Å². The van der Waals surface area contributed by atoms with E-state index in [-0.39, 0.29) is 18.3 Å². The van der Waals surface area contributed by atoms with Gasteiger partial charge in [0.15, 0.2) is 6.67 Å². The zero-order valence-electron chi connectivity index (χ0n) is 9.35. The smallest absolute Gasteiger partial charge is 0.247 e. The zero-order valence-corrected chi connectivity index (χ0v) is 10.1. The van der Waals surface area contributed by atoms with Gasteiger partial charge in [-0.15, -0.1) is 0 Å². The van der Waals surface area contributed by atoms with Crippen LogP contribution in [0, 0.1) is 0 Å². The molecule has 0 aromatic carbocycles. The lowest BCUT2D eigenvalue weighted by Gasteiger charge is -2.35. The predicted octanol–water partition coefficient (Wildman–Crippen LogP) is -1.87. The number of nitrogens with one attached hydrogen (secondary N) is 1. The van der Waals surface area contributed by atoms with E-state index in [9.17, 15) is 4.79 Å². The molecule has 0 unspecified atom stereocenters. The van der Waals surface area contributed by atoms with Crippen LogP contribution < -0.4 is 17.7 Å². The molecule has 0 fully saturated rings. The molecule has 0 aliphatic heterocycles. The van der Waals surface area contributed by atoms with Crippen molar-refractivity contribution in [1.29, 1.82) is 0 Å². The number of quaternary nitrogens is 1. The van der Waals surface area contributed by atoms with Crippen LogP contribution in [0.5, 0.6) is 0 Å². The fraction of sp³-hybridized carbons (Fsp3) is 0.700. The summed E-state index contributed by atoms with van der Waals surface area (Å²) in [7, 11) is 0. The molecule has 0 saturated heterocycles. The minimum Gasteiger partial charge on any atom is -1.00 e. The summed E-state index contributed by atoms with van der Waals surface area (Å²) in [5.41, 5.74) is 0. The van der Waals surface area contributed by atoms with E-state index in [4.69, 9.17) is 0 Å². The maximum Gasteiger partial charge on any atom is 0.247 e. The maximum atomic E-state index is 11.0. The molecule has 84 valence electrons. The number of hydrogen-bond donors (Lipinski definition) is 1.